The zero-order chi connectivity index (χ0) is 21.3. The molecule has 3 amide bonds. The molecule has 0 bridgehead atoms. The van der Waals surface area contributed by atoms with Crippen LogP contribution in [0.1, 0.15) is 22.0 Å². The molecule has 1 atom stereocenters. The second-order valence-corrected chi connectivity index (χ2v) is 6.18. The van der Waals surface area contributed by atoms with E-state index in [1.165, 1.54) is 7.05 Å². The summed E-state index contributed by atoms with van der Waals surface area (Å²) in [5.41, 5.74) is 0.573. The average molecular weight is 404 g/mol. The molecule has 3 rings (SSSR count). The van der Waals surface area contributed by atoms with Crippen molar-refractivity contribution in [3.8, 4) is 11.5 Å². The molecule has 3 aromatic rings. The maximum absolute atomic E-state index is 12.9. The predicted molar refractivity (Wildman–Crippen MR) is 110 cm³/mol. The van der Waals surface area contributed by atoms with Crippen molar-refractivity contribution in [2.24, 2.45) is 0 Å². The Balaban J connectivity index is 1.86. The Morgan fingerprint density at radius 1 is 0.800 bits per heavy atom. The molecule has 7 heteroatoms. The highest BCUT2D eigenvalue weighted by Gasteiger charge is 2.28. The van der Waals surface area contributed by atoms with Crippen molar-refractivity contribution in [2.45, 2.75) is 6.10 Å². The van der Waals surface area contributed by atoms with E-state index < -0.39 is 24.0 Å². The Bertz CT molecular complexity index is 1020. The summed E-state index contributed by atoms with van der Waals surface area (Å²) < 4.78 is 11.3. The Labute approximate surface area is 173 Å². The van der Waals surface area contributed by atoms with Gasteiger partial charge in [-0.2, -0.15) is 0 Å². The van der Waals surface area contributed by atoms with Crippen molar-refractivity contribution in [3.05, 3.63) is 96.1 Å². The van der Waals surface area contributed by atoms with Gasteiger partial charge in [0.15, 0.2) is 0 Å². The number of para-hydroxylation sites is 2. The minimum atomic E-state index is -1.32. The van der Waals surface area contributed by atoms with Crippen molar-refractivity contribution in [1.29, 1.82) is 0 Å². The van der Waals surface area contributed by atoms with Gasteiger partial charge >= 0.3 is 12.0 Å². The van der Waals surface area contributed by atoms with Gasteiger partial charge in [-0.1, -0.05) is 60.7 Å². The number of urea groups is 1. The molecule has 0 spiro atoms. The lowest BCUT2D eigenvalue weighted by Crippen LogP contribution is -2.41. The van der Waals surface area contributed by atoms with Crippen LogP contribution in [0.2, 0.25) is 0 Å². The Hall–Kier alpha value is -4.13. The highest BCUT2D eigenvalue weighted by molar-refractivity contribution is 5.99. The number of hydrogen-bond acceptors (Lipinski definition) is 5. The lowest BCUT2D eigenvalue weighted by Gasteiger charge is -2.18. The number of nitrogens with one attached hydrogen (secondary N) is 2. The summed E-state index contributed by atoms with van der Waals surface area (Å²) in [6, 6.07) is 23.3. The molecule has 2 N–H and O–H groups in total. The number of esters is 1. The van der Waals surface area contributed by atoms with Gasteiger partial charge in [0, 0.05) is 12.6 Å². The molecule has 0 saturated heterocycles. The number of imide groups is 1. The smallest absolute Gasteiger partial charge is 0.343 e. The van der Waals surface area contributed by atoms with Crippen LogP contribution in [0.4, 0.5) is 4.79 Å². The summed E-state index contributed by atoms with van der Waals surface area (Å²) >= 11 is 0. The van der Waals surface area contributed by atoms with Crippen LogP contribution < -0.4 is 15.4 Å². The van der Waals surface area contributed by atoms with Gasteiger partial charge in [0.1, 0.15) is 17.1 Å². The molecule has 0 aliphatic heterocycles. The fourth-order valence-electron chi connectivity index (χ4n) is 2.65. The fourth-order valence-corrected chi connectivity index (χ4v) is 2.65. The molecule has 0 fully saturated rings. The van der Waals surface area contributed by atoms with Gasteiger partial charge in [0.2, 0.25) is 6.10 Å². The zero-order valence-electron chi connectivity index (χ0n) is 16.2. The zero-order valence-corrected chi connectivity index (χ0v) is 16.2. The van der Waals surface area contributed by atoms with Crippen LogP contribution in [0, 0.1) is 0 Å². The summed E-state index contributed by atoms with van der Waals surface area (Å²) in [7, 11) is 1.38. The molecule has 0 heterocycles. The first-order valence-electron chi connectivity index (χ1n) is 9.19. The van der Waals surface area contributed by atoms with Crippen LogP contribution in [0.3, 0.4) is 0 Å². The third-order valence-corrected chi connectivity index (χ3v) is 4.11. The molecule has 7 nitrogen and oxygen atoms in total. The maximum Gasteiger partial charge on any atom is 0.343 e. The van der Waals surface area contributed by atoms with E-state index in [0.29, 0.717) is 11.3 Å². The average Bonchev–Trinajstić information content (AvgIpc) is 2.78. The number of carbonyl (C=O) groups is 3. The monoisotopic (exact) mass is 404 g/mol. The van der Waals surface area contributed by atoms with Crippen LogP contribution in [-0.4, -0.2) is 25.0 Å². The lowest BCUT2D eigenvalue weighted by molar-refractivity contribution is -0.129. The minimum Gasteiger partial charge on any atom is -0.456 e. The largest absolute Gasteiger partial charge is 0.456 e. The summed E-state index contributed by atoms with van der Waals surface area (Å²) in [5, 5.41) is 4.43. The quantitative estimate of drug-likeness (QED) is 0.609. The summed E-state index contributed by atoms with van der Waals surface area (Å²) in [4.78, 5) is 37.1. The van der Waals surface area contributed by atoms with Crippen LogP contribution in [0.5, 0.6) is 11.5 Å². The fraction of sp³-hybridized carbons (Fsp3) is 0.0870. The molecule has 152 valence electrons. The topological polar surface area (TPSA) is 93.7 Å². The second-order valence-electron chi connectivity index (χ2n) is 6.18. The minimum absolute atomic E-state index is 0.148. The molecule has 0 aliphatic rings. The van der Waals surface area contributed by atoms with Gasteiger partial charge in [-0.25, -0.2) is 9.59 Å². The van der Waals surface area contributed by atoms with Crippen molar-refractivity contribution in [3.63, 3.8) is 0 Å². The Kier molecular flexibility index (Phi) is 6.78. The predicted octanol–water partition coefficient (Wildman–Crippen LogP) is 3.83. The van der Waals surface area contributed by atoms with Gasteiger partial charge in [-0.05, 0) is 24.3 Å². The highest BCUT2D eigenvalue weighted by atomic mass is 16.6. The molecular weight excluding hydrogens is 384 g/mol. The lowest BCUT2D eigenvalue weighted by atomic mass is 10.1. The molecular formula is C23H20N2O5. The normalized spacial score (nSPS) is 11.1. The highest BCUT2D eigenvalue weighted by Crippen LogP contribution is 2.28. The molecule has 0 unspecified atom stereocenters. The summed E-state index contributed by atoms with van der Waals surface area (Å²) in [6.45, 7) is 0. The molecule has 0 aromatic heterocycles. The number of carbonyl (C=O) groups excluding carboxylic acids is 3. The molecule has 0 saturated carbocycles. The standard InChI is InChI=1S/C23H20N2O5/c1-24-23(28)25-21(26)20(16-10-4-2-5-11-16)30-22(27)18-14-8-9-15-19(18)29-17-12-6-3-7-13-17/h2-15,20H,1H3,(H2,24,25,26,28)/t20-/m1/s1. The Morgan fingerprint density at radius 3 is 2.07 bits per heavy atom. The van der Waals surface area contributed by atoms with Crippen molar-refractivity contribution >= 4 is 17.9 Å². The van der Waals surface area contributed by atoms with Gasteiger partial charge in [0.05, 0.1) is 0 Å². The van der Waals surface area contributed by atoms with Gasteiger partial charge in [0.25, 0.3) is 5.91 Å². The summed E-state index contributed by atoms with van der Waals surface area (Å²) in [5.74, 6) is -0.695. The van der Waals surface area contributed by atoms with Crippen molar-refractivity contribution in [1.82, 2.24) is 10.6 Å². The van der Waals surface area contributed by atoms with Crippen LogP contribution in [0.15, 0.2) is 84.9 Å². The van der Waals surface area contributed by atoms with E-state index in [2.05, 4.69) is 10.6 Å². The number of amides is 3. The van der Waals surface area contributed by atoms with E-state index in [1.54, 1.807) is 66.7 Å². The van der Waals surface area contributed by atoms with Crippen molar-refractivity contribution < 1.29 is 23.9 Å². The maximum atomic E-state index is 12.9. The number of ether oxygens (including phenoxy) is 2. The molecule has 0 radical (unpaired) electrons. The van der Waals surface area contributed by atoms with E-state index in [1.807, 2.05) is 18.2 Å². The number of hydrogen-bond donors (Lipinski definition) is 2. The molecule has 3 aromatic carbocycles. The van der Waals surface area contributed by atoms with Crippen molar-refractivity contribution in [2.75, 3.05) is 7.05 Å². The second kappa shape index (κ2) is 9.88. The number of benzene rings is 3. The SMILES string of the molecule is CNC(=O)NC(=O)[C@H](OC(=O)c1ccccc1Oc1ccccc1)c1ccccc1. The van der Waals surface area contributed by atoms with Crippen LogP contribution in [0.25, 0.3) is 0 Å². The summed E-state index contributed by atoms with van der Waals surface area (Å²) in [6.07, 6.45) is -1.32. The third kappa shape index (κ3) is 5.23. The first-order valence-corrected chi connectivity index (χ1v) is 9.19. The third-order valence-electron chi connectivity index (χ3n) is 4.11. The van der Waals surface area contributed by atoms with Gasteiger partial charge < -0.3 is 14.8 Å². The van der Waals surface area contributed by atoms with E-state index >= 15 is 0 Å². The van der Waals surface area contributed by atoms with E-state index in [-0.39, 0.29) is 11.3 Å². The van der Waals surface area contributed by atoms with Crippen LogP contribution in [-0.2, 0) is 9.53 Å². The first kappa shape index (κ1) is 20.6. The molecule has 0 aliphatic carbocycles. The van der Waals surface area contributed by atoms with E-state index in [0.717, 1.165) is 0 Å². The van der Waals surface area contributed by atoms with Gasteiger partial charge in [-0.3, -0.25) is 10.1 Å². The number of rotatable bonds is 6. The van der Waals surface area contributed by atoms with Gasteiger partial charge in [-0.15, -0.1) is 0 Å². The van der Waals surface area contributed by atoms with E-state index in [4.69, 9.17) is 9.47 Å². The molecule has 30 heavy (non-hydrogen) atoms. The van der Waals surface area contributed by atoms with E-state index in [9.17, 15) is 14.4 Å². The van der Waals surface area contributed by atoms with Crippen LogP contribution >= 0.6 is 0 Å². The first-order chi connectivity index (χ1) is 14.6. The Morgan fingerprint density at radius 2 is 1.40 bits per heavy atom.